The monoisotopic (exact) mass is 547 g/mol. The lowest BCUT2D eigenvalue weighted by Crippen LogP contribution is -2.27. The number of fused-ring (bicyclic) bond motifs is 4. The Balaban J connectivity index is 1.22. The van der Waals surface area contributed by atoms with Crippen LogP contribution in [0.2, 0.25) is 0 Å². The zero-order valence-corrected chi connectivity index (χ0v) is 22.7. The van der Waals surface area contributed by atoms with Crippen molar-refractivity contribution < 1.29 is 18.4 Å². The number of methoxy groups -OCH3 is 1. The summed E-state index contributed by atoms with van der Waals surface area (Å²) in [6.07, 6.45) is 2.19. The quantitative estimate of drug-likeness (QED) is 0.258. The van der Waals surface area contributed by atoms with Gasteiger partial charge in [-0.15, -0.1) is 11.8 Å². The topological polar surface area (TPSA) is 99.5 Å². The van der Waals surface area contributed by atoms with Gasteiger partial charge in [-0.1, -0.05) is 30.0 Å². The Morgan fingerprint density at radius 1 is 1.18 bits per heavy atom. The predicted octanol–water partition coefficient (Wildman–Crippen LogP) is 5.72. The Labute approximate surface area is 226 Å². The van der Waals surface area contributed by atoms with E-state index in [1.165, 1.54) is 11.8 Å². The number of thioether (sulfide) groups is 2. The molecule has 0 spiro atoms. The molecule has 0 fully saturated rings. The van der Waals surface area contributed by atoms with Crippen molar-refractivity contribution in [3.05, 3.63) is 82.3 Å². The number of amides is 1. The standard InChI is InChI=1S/C28H25N3O5S2/c1-15-29-26-25(27(33)31(15)2)19(11-16-7-6-10-35-16)28(38-26)37-14-24(32)30-20-13-22-18(12-23(20)34-3)17-8-4-5-9-21(17)36-22/h4-10,12-13,19,28H,11,14H2,1-3H3,(H,30,32). The molecule has 1 N–H and O–H groups in total. The van der Waals surface area contributed by atoms with Gasteiger partial charge in [0.2, 0.25) is 5.91 Å². The number of hydrogen-bond acceptors (Lipinski definition) is 8. The summed E-state index contributed by atoms with van der Waals surface area (Å²) in [5.74, 6) is 1.91. The minimum absolute atomic E-state index is 0.0482. The number of carbonyl (C=O) groups excluding carboxylic acids is 1. The summed E-state index contributed by atoms with van der Waals surface area (Å²) in [6.45, 7) is 1.82. The number of anilines is 1. The van der Waals surface area contributed by atoms with Crippen molar-refractivity contribution in [3.8, 4) is 5.75 Å². The van der Waals surface area contributed by atoms with Crippen LogP contribution in [0.3, 0.4) is 0 Å². The molecule has 194 valence electrons. The van der Waals surface area contributed by atoms with Crippen molar-refractivity contribution in [1.29, 1.82) is 0 Å². The molecular formula is C28H25N3O5S2. The van der Waals surface area contributed by atoms with Gasteiger partial charge in [-0.2, -0.15) is 0 Å². The van der Waals surface area contributed by atoms with Gasteiger partial charge < -0.3 is 18.9 Å². The third-order valence-corrected chi connectivity index (χ3v) is 9.67. The number of furan rings is 2. The number of carbonyl (C=O) groups is 1. The minimum atomic E-state index is -0.172. The van der Waals surface area contributed by atoms with Crippen LogP contribution in [-0.4, -0.2) is 32.9 Å². The molecular weight excluding hydrogens is 522 g/mol. The number of para-hydroxylation sites is 1. The van der Waals surface area contributed by atoms with E-state index in [1.807, 2.05) is 49.4 Å². The molecule has 0 bridgehead atoms. The predicted molar refractivity (Wildman–Crippen MR) is 150 cm³/mol. The summed E-state index contributed by atoms with van der Waals surface area (Å²) < 4.78 is 18.7. The van der Waals surface area contributed by atoms with E-state index in [9.17, 15) is 9.59 Å². The third-order valence-electron chi connectivity index (χ3n) is 6.79. The van der Waals surface area contributed by atoms with Gasteiger partial charge in [0.1, 0.15) is 33.5 Å². The van der Waals surface area contributed by atoms with Gasteiger partial charge in [0.05, 0.1) is 35.0 Å². The highest BCUT2D eigenvalue weighted by molar-refractivity contribution is 8.17. The fraction of sp³-hybridized carbons (Fsp3) is 0.250. The summed E-state index contributed by atoms with van der Waals surface area (Å²) in [7, 11) is 3.31. The molecule has 1 aliphatic heterocycles. The van der Waals surface area contributed by atoms with Crippen molar-refractivity contribution in [3.63, 3.8) is 0 Å². The fourth-order valence-corrected chi connectivity index (χ4v) is 7.56. The minimum Gasteiger partial charge on any atom is -0.495 e. The maximum atomic E-state index is 13.2. The first kappa shape index (κ1) is 24.7. The van der Waals surface area contributed by atoms with Gasteiger partial charge in [0.25, 0.3) is 5.56 Å². The van der Waals surface area contributed by atoms with Crippen LogP contribution in [-0.2, 0) is 18.3 Å². The SMILES string of the molecule is COc1cc2c(cc1NC(=O)CSC1Sc3nc(C)n(C)c(=O)c3C1Cc1ccco1)oc1ccccc12. The molecule has 0 saturated carbocycles. The molecule has 0 aliphatic carbocycles. The van der Waals surface area contributed by atoms with Crippen LogP contribution >= 0.6 is 23.5 Å². The van der Waals surface area contributed by atoms with E-state index in [1.54, 1.807) is 42.8 Å². The van der Waals surface area contributed by atoms with Crippen LogP contribution in [0.5, 0.6) is 5.75 Å². The van der Waals surface area contributed by atoms with Gasteiger partial charge >= 0.3 is 0 Å². The Morgan fingerprint density at radius 3 is 2.82 bits per heavy atom. The number of hydrogen-bond donors (Lipinski definition) is 1. The second-order valence-electron chi connectivity index (χ2n) is 9.12. The van der Waals surface area contributed by atoms with E-state index < -0.39 is 0 Å². The molecule has 5 aromatic rings. The van der Waals surface area contributed by atoms with Gasteiger partial charge in [0.15, 0.2) is 0 Å². The second-order valence-corrected chi connectivity index (χ2v) is 11.7. The first-order valence-electron chi connectivity index (χ1n) is 12.1. The number of nitrogens with one attached hydrogen (secondary N) is 1. The third kappa shape index (κ3) is 4.37. The smallest absolute Gasteiger partial charge is 0.257 e. The van der Waals surface area contributed by atoms with Crippen molar-refractivity contribution in [2.24, 2.45) is 7.05 Å². The number of rotatable bonds is 7. The lowest BCUT2D eigenvalue weighted by molar-refractivity contribution is -0.113. The van der Waals surface area contributed by atoms with Gasteiger partial charge in [0, 0.05) is 36.2 Å². The van der Waals surface area contributed by atoms with Crippen molar-refractivity contribution in [1.82, 2.24) is 9.55 Å². The van der Waals surface area contributed by atoms with Crippen molar-refractivity contribution in [2.75, 3.05) is 18.2 Å². The summed E-state index contributed by atoms with van der Waals surface area (Å²) >= 11 is 3.04. The van der Waals surface area contributed by atoms with E-state index in [4.69, 9.17) is 13.6 Å². The maximum absolute atomic E-state index is 13.2. The van der Waals surface area contributed by atoms with Crippen LogP contribution in [0.1, 0.15) is 23.1 Å². The van der Waals surface area contributed by atoms with E-state index in [0.717, 1.165) is 27.1 Å². The molecule has 0 radical (unpaired) electrons. The first-order valence-corrected chi connectivity index (χ1v) is 14.0. The molecule has 3 aromatic heterocycles. The molecule has 2 atom stereocenters. The fourth-order valence-electron chi connectivity index (χ4n) is 4.79. The Kier molecular flexibility index (Phi) is 6.45. The van der Waals surface area contributed by atoms with Crippen molar-refractivity contribution >= 4 is 57.1 Å². The molecule has 10 heteroatoms. The molecule has 2 unspecified atom stereocenters. The summed E-state index contributed by atoms with van der Waals surface area (Å²) in [4.78, 5) is 30.9. The van der Waals surface area contributed by atoms with E-state index in [-0.39, 0.29) is 27.7 Å². The van der Waals surface area contributed by atoms with Gasteiger partial charge in [-0.25, -0.2) is 4.98 Å². The number of nitrogens with zero attached hydrogens (tertiary/aromatic N) is 2. The first-order chi connectivity index (χ1) is 18.4. The number of aryl methyl sites for hydroxylation is 1. The zero-order valence-electron chi connectivity index (χ0n) is 21.0. The Bertz CT molecular complexity index is 1720. The molecule has 4 heterocycles. The van der Waals surface area contributed by atoms with Gasteiger partial charge in [-0.05, 0) is 31.2 Å². The van der Waals surface area contributed by atoms with Crippen LogP contribution in [0.25, 0.3) is 21.9 Å². The molecule has 8 nitrogen and oxygen atoms in total. The molecule has 2 aromatic carbocycles. The summed E-state index contributed by atoms with van der Waals surface area (Å²) in [5.41, 5.74) is 2.64. The normalized spacial score (nSPS) is 16.7. The Morgan fingerprint density at radius 2 is 2.03 bits per heavy atom. The largest absolute Gasteiger partial charge is 0.495 e. The molecule has 0 saturated heterocycles. The van der Waals surface area contributed by atoms with Crippen LogP contribution < -0.4 is 15.6 Å². The van der Waals surface area contributed by atoms with E-state index in [0.29, 0.717) is 34.8 Å². The zero-order chi connectivity index (χ0) is 26.4. The van der Waals surface area contributed by atoms with Crippen molar-refractivity contribution in [2.45, 2.75) is 28.9 Å². The number of ether oxygens (including phenoxy) is 1. The highest BCUT2D eigenvalue weighted by atomic mass is 32.2. The van der Waals surface area contributed by atoms with Gasteiger partial charge in [-0.3, -0.25) is 14.2 Å². The molecule has 1 amide bonds. The number of aromatic nitrogens is 2. The molecule has 6 rings (SSSR count). The lowest BCUT2D eigenvalue weighted by atomic mass is 9.99. The molecule has 38 heavy (non-hydrogen) atoms. The lowest BCUT2D eigenvalue weighted by Gasteiger charge is -2.18. The highest BCUT2D eigenvalue weighted by Crippen LogP contribution is 2.49. The maximum Gasteiger partial charge on any atom is 0.257 e. The summed E-state index contributed by atoms with van der Waals surface area (Å²) in [6, 6.07) is 15.2. The molecule has 1 aliphatic rings. The number of benzene rings is 2. The van der Waals surface area contributed by atoms with Crippen LogP contribution in [0, 0.1) is 6.92 Å². The summed E-state index contributed by atoms with van der Waals surface area (Å²) in [5, 5.41) is 5.63. The van der Waals surface area contributed by atoms with E-state index >= 15 is 0 Å². The Hall–Kier alpha value is -3.63. The van der Waals surface area contributed by atoms with Crippen LogP contribution in [0.4, 0.5) is 5.69 Å². The van der Waals surface area contributed by atoms with Crippen LogP contribution in [0.15, 0.2) is 73.4 Å². The second kappa shape index (κ2) is 9.92. The average molecular weight is 548 g/mol. The highest BCUT2D eigenvalue weighted by Gasteiger charge is 2.39. The average Bonchev–Trinajstić information content (AvgIpc) is 3.63. The van der Waals surface area contributed by atoms with E-state index in [2.05, 4.69) is 10.3 Å².